The maximum atomic E-state index is 11.5. The first-order valence-electron chi connectivity index (χ1n) is 3.83. The fourth-order valence-corrected chi connectivity index (χ4v) is 2.48. The van der Waals surface area contributed by atoms with Gasteiger partial charge in [-0.2, -0.15) is 0 Å². The molecule has 0 bridgehead atoms. The van der Waals surface area contributed by atoms with Gasteiger partial charge in [0.05, 0.1) is 0 Å². The van der Waals surface area contributed by atoms with E-state index in [-0.39, 0.29) is 5.78 Å². The Morgan fingerprint density at radius 3 is 2.86 bits per heavy atom. The van der Waals surface area contributed by atoms with Crippen LogP contribution in [0.5, 0.6) is 0 Å². The van der Waals surface area contributed by atoms with Crippen molar-refractivity contribution in [1.82, 2.24) is 0 Å². The zero-order chi connectivity index (χ0) is 10.3. The zero-order valence-electron chi connectivity index (χ0n) is 6.86. The van der Waals surface area contributed by atoms with Crippen molar-refractivity contribution in [3.8, 4) is 0 Å². The summed E-state index contributed by atoms with van der Waals surface area (Å²) in [5.74, 6) is -1.48. The third kappa shape index (κ3) is 1.40. The number of aliphatic carboxylic acids is 1. The van der Waals surface area contributed by atoms with E-state index < -0.39 is 11.2 Å². The van der Waals surface area contributed by atoms with Gasteiger partial charge in [-0.1, -0.05) is 11.6 Å². The predicted molar refractivity (Wildman–Crippen MR) is 53.1 cm³/mol. The van der Waals surface area contributed by atoms with Crippen molar-refractivity contribution in [2.24, 2.45) is 0 Å². The lowest BCUT2D eigenvalue weighted by Crippen LogP contribution is -2.22. The summed E-state index contributed by atoms with van der Waals surface area (Å²) in [6, 6.07) is 4.82. The molecule has 2 rings (SSSR count). The normalized spacial score (nSPS) is 19.5. The fourth-order valence-electron chi connectivity index (χ4n) is 1.28. The molecule has 14 heavy (non-hydrogen) atoms. The molecular weight excluding hydrogens is 224 g/mol. The van der Waals surface area contributed by atoms with E-state index in [2.05, 4.69) is 0 Å². The molecule has 0 spiro atoms. The van der Waals surface area contributed by atoms with Crippen LogP contribution in [-0.4, -0.2) is 22.1 Å². The molecule has 0 saturated carbocycles. The van der Waals surface area contributed by atoms with Gasteiger partial charge in [0, 0.05) is 15.5 Å². The Morgan fingerprint density at radius 2 is 2.21 bits per heavy atom. The second-order valence-electron chi connectivity index (χ2n) is 2.84. The summed E-state index contributed by atoms with van der Waals surface area (Å²) in [6.45, 7) is 0. The highest BCUT2D eigenvalue weighted by atomic mass is 35.5. The van der Waals surface area contributed by atoms with Gasteiger partial charge in [0.1, 0.15) is 0 Å². The monoisotopic (exact) mass is 228 g/mol. The molecule has 3 nitrogen and oxygen atoms in total. The number of carboxylic acids is 1. The minimum absolute atomic E-state index is 0.375. The van der Waals surface area contributed by atoms with Crippen LogP contribution in [0.4, 0.5) is 0 Å². The Morgan fingerprint density at radius 1 is 1.50 bits per heavy atom. The maximum Gasteiger partial charge on any atom is 0.325 e. The van der Waals surface area contributed by atoms with E-state index in [0.717, 1.165) is 11.8 Å². The highest BCUT2D eigenvalue weighted by Crippen LogP contribution is 2.38. The van der Waals surface area contributed by atoms with Gasteiger partial charge in [0.15, 0.2) is 11.0 Å². The molecule has 1 atom stereocenters. The molecule has 72 valence electrons. The van der Waals surface area contributed by atoms with Gasteiger partial charge in [0.2, 0.25) is 0 Å². The SMILES string of the molecule is O=C(O)C1Sc2ccc(Cl)cc2C1=O. The number of hydrogen-bond acceptors (Lipinski definition) is 3. The number of thioether (sulfide) groups is 1. The van der Waals surface area contributed by atoms with Crippen molar-refractivity contribution in [3.63, 3.8) is 0 Å². The summed E-state index contributed by atoms with van der Waals surface area (Å²) in [6.07, 6.45) is 0. The molecule has 1 aliphatic heterocycles. The average molecular weight is 229 g/mol. The molecule has 0 amide bonds. The number of carboxylic acid groups (broad SMARTS) is 1. The van der Waals surface area contributed by atoms with Crippen LogP contribution in [0.25, 0.3) is 0 Å². The molecular formula is C9H5ClO3S. The topological polar surface area (TPSA) is 54.4 Å². The van der Waals surface area contributed by atoms with E-state index in [0.29, 0.717) is 15.5 Å². The lowest BCUT2D eigenvalue weighted by atomic mass is 10.1. The first-order valence-corrected chi connectivity index (χ1v) is 5.08. The Kier molecular flexibility index (Phi) is 2.25. The Hall–Kier alpha value is -1.00. The molecule has 1 aliphatic rings. The van der Waals surface area contributed by atoms with Gasteiger partial charge in [-0.15, -0.1) is 11.8 Å². The van der Waals surface area contributed by atoms with Crippen LogP contribution in [-0.2, 0) is 4.79 Å². The molecule has 0 fully saturated rings. The third-order valence-electron chi connectivity index (χ3n) is 1.91. The quantitative estimate of drug-likeness (QED) is 0.748. The van der Waals surface area contributed by atoms with Gasteiger partial charge in [-0.3, -0.25) is 9.59 Å². The van der Waals surface area contributed by atoms with Crippen LogP contribution >= 0.6 is 23.4 Å². The number of rotatable bonds is 1. The van der Waals surface area contributed by atoms with Crippen LogP contribution < -0.4 is 0 Å². The molecule has 0 aliphatic carbocycles. The molecule has 5 heteroatoms. The smallest absolute Gasteiger partial charge is 0.325 e. The molecule has 1 N–H and O–H groups in total. The Balaban J connectivity index is 2.46. The standard InChI is InChI=1S/C9H5ClO3S/c10-4-1-2-6-5(3-4)7(11)8(14-6)9(12)13/h1-3,8H,(H,12,13). The molecule has 1 heterocycles. The van der Waals surface area contributed by atoms with Gasteiger partial charge in [0.25, 0.3) is 0 Å². The lowest BCUT2D eigenvalue weighted by molar-refractivity contribution is -0.135. The average Bonchev–Trinajstić information content (AvgIpc) is 2.44. The number of Topliss-reactive ketones (excluding diaryl/α,β-unsaturated/α-hetero) is 1. The van der Waals surface area contributed by atoms with Crippen molar-refractivity contribution in [1.29, 1.82) is 0 Å². The summed E-state index contributed by atoms with van der Waals surface area (Å²) in [5, 5.41) is 8.19. The summed E-state index contributed by atoms with van der Waals surface area (Å²) < 4.78 is 0. The molecule has 1 aromatic carbocycles. The van der Waals surface area contributed by atoms with E-state index in [1.54, 1.807) is 12.1 Å². The van der Waals surface area contributed by atoms with Gasteiger partial charge >= 0.3 is 5.97 Å². The van der Waals surface area contributed by atoms with E-state index in [1.165, 1.54) is 6.07 Å². The summed E-state index contributed by atoms with van der Waals surface area (Å²) >= 11 is 6.76. The minimum Gasteiger partial charge on any atom is -0.480 e. The molecule has 0 aromatic heterocycles. The van der Waals surface area contributed by atoms with Crippen LogP contribution in [0.1, 0.15) is 10.4 Å². The third-order valence-corrected chi connectivity index (χ3v) is 3.41. The van der Waals surface area contributed by atoms with Crippen molar-refractivity contribution < 1.29 is 14.7 Å². The number of carbonyl (C=O) groups excluding carboxylic acids is 1. The maximum absolute atomic E-state index is 11.5. The second-order valence-corrected chi connectivity index (χ2v) is 4.42. The zero-order valence-corrected chi connectivity index (χ0v) is 8.43. The van der Waals surface area contributed by atoms with Crippen LogP contribution in [0.2, 0.25) is 5.02 Å². The minimum atomic E-state index is -1.10. The van der Waals surface area contributed by atoms with Gasteiger partial charge in [-0.05, 0) is 18.2 Å². The fraction of sp³-hybridized carbons (Fsp3) is 0.111. The Bertz CT molecular complexity index is 430. The van der Waals surface area contributed by atoms with Gasteiger partial charge < -0.3 is 5.11 Å². The van der Waals surface area contributed by atoms with Gasteiger partial charge in [-0.25, -0.2) is 0 Å². The van der Waals surface area contributed by atoms with E-state index in [1.807, 2.05) is 0 Å². The highest BCUT2D eigenvalue weighted by molar-refractivity contribution is 8.02. The predicted octanol–water partition coefficient (Wildman–Crippen LogP) is 2.08. The van der Waals surface area contributed by atoms with Crippen LogP contribution in [0.3, 0.4) is 0 Å². The Labute approximate surface area is 89.1 Å². The number of ketones is 1. The number of benzene rings is 1. The van der Waals surface area contributed by atoms with Crippen LogP contribution in [0.15, 0.2) is 23.1 Å². The summed E-state index contributed by atoms with van der Waals surface area (Å²) in [4.78, 5) is 22.9. The van der Waals surface area contributed by atoms with Crippen LogP contribution in [0, 0.1) is 0 Å². The van der Waals surface area contributed by atoms with Crippen molar-refractivity contribution in [2.75, 3.05) is 0 Å². The van der Waals surface area contributed by atoms with Crippen molar-refractivity contribution in [2.45, 2.75) is 10.1 Å². The second kappa shape index (κ2) is 3.29. The summed E-state index contributed by atoms with van der Waals surface area (Å²) in [5.41, 5.74) is 0.412. The highest BCUT2D eigenvalue weighted by Gasteiger charge is 2.36. The lowest BCUT2D eigenvalue weighted by Gasteiger charge is -1.97. The van der Waals surface area contributed by atoms with E-state index in [9.17, 15) is 9.59 Å². The van der Waals surface area contributed by atoms with E-state index >= 15 is 0 Å². The molecule has 0 radical (unpaired) electrons. The number of halogens is 1. The van der Waals surface area contributed by atoms with Crippen molar-refractivity contribution >= 4 is 35.1 Å². The summed E-state index contributed by atoms with van der Waals surface area (Å²) in [7, 11) is 0. The largest absolute Gasteiger partial charge is 0.480 e. The number of fused-ring (bicyclic) bond motifs is 1. The van der Waals surface area contributed by atoms with Crippen molar-refractivity contribution in [3.05, 3.63) is 28.8 Å². The number of hydrogen-bond donors (Lipinski definition) is 1. The molecule has 1 unspecified atom stereocenters. The molecule has 1 aromatic rings. The first kappa shape index (κ1) is 9.55. The first-order chi connectivity index (χ1) is 6.59. The van der Waals surface area contributed by atoms with E-state index in [4.69, 9.17) is 16.7 Å². The number of carbonyl (C=O) groups is 2. The molecule has 0 saturated heterocycles.